The van der Waals surface area contributed by atoms with Crippen LogP contribution < -0.4 is 13.9 Å². The minimum absolute atomic E-state index is 0.116. The maximum absolute atomic E-state index is 13.2. The van der Waals surface area contributed by atoms with Gasteiger partial charge in [0.1, 0.15) is 12.4 Å². The van der Waals surface area contributed by atoms with Crippen LogP contribution in [0.3, 0.4) is 0 Å². The summed E-state index contributed by atoms with van der Waals surface area (Å²) in [5.74, 6) is -1.21. The number of rotatable bonds is 8. The SMILES string of the molecule is CN(c1cccc(NC(=O)CN(c2ccc(F)cc2)S(=O)(=O)N(C)C)c1)S(C)(=O)=O. The van der Waals surface area contributed by atoms with E-state index in [2.05, 4.69) is 5.32 Å². The van der Waals surface area contributed by atoms with E-state index in [0.717, 1.165) is 31.3 Å². The molecule has 2 aromatic carbocycles. The van der Waals surface area contributed by atoms with E-state index in [-0.39, 0.29) is 11.4 Å². The third kappa shape index (κ3) is 5.68. The molecule has 0 atom stereocenters. The van der Waals surface area contributed by atoms with Crippen LogP contribution in [0.4, 0.5) is 21.5 Å². The van der Waals surface area contributed by atoms with Crippen LogP contribution in [0.5, 0.6) is 0 Å². The number of nitrogens with zero attached hydrogens (tertiary/aromatic N) is 3. The molecule has 2 aromatic rings. The van der Waals surface area contributed by atoms with Crippen molar-refractivity contribution in [1.82, 2.24) is 4.31 Å². The van der Waals surface area contributed by atoms with Crippen molar-refractivity contribution in [2.75, 3.05) is 47.9 Å². The molecule has 0 aliphatic carbocycles. The molecule has 0 unspecified atom stereocenters. The molecule has 0 radical (unpaired) electrons. The van der Waals surface area contributed by atoms with Gasteiger partial charge in [-0.15, -0.1) is 0 Å². The predicted molar refractivity (Wildman–Crippen MR) is 115 cm³/mol. The lowest BCUT2D eigenvalue weighted by atomic mass is 10.2. The van der Waals surface area contributed by atoms with Crippen LogP contribution in [-0.2, 0) is 25.0 Å². The first-order chi connectivity index (χ1) is 13.8. The second-order valence-electron chi connectivity index (χ2n) is 6.60. The van der Waals surface area contributed by atoms with Gasteiger partial charge in [0.2, 0.25) is 15.9 Å². The van der Waals surface area contributed by atoms with Crippen LogP contribution in [0.2, 0.25) is 0 Å². The van der Waals surface area contributed by atoms with Crippen LogP contribution in [0.15, 0.2) is 48.5 Å². The van der Waals surface area contributed by atoms with E-state index in [1.807, 2.05) is 0 Å². The Balaban J connectivity index is 2.28. The van der Waals surface area contributed by atoms with Crippen LogP contribution in [0, 0.1) is 5.82 Å². The molecule has 1 amide bonds. The summed E-state index contributed by atoms with van der Waals surface area (Å²) in [5.41, 5.74) is 0.728. The van der Waals surface area contributed by atoms with Crippen molar-refractivity contribution in [3.05, 3.63) is 54.3 Å². The summed E-state index contributed by atoms with van der Waals surface area (Å²) in [6.45, 7) is -0.571. The number of carbonyl (C=O) groups is 1. The summed E-state index contributed by atoms with van der Waals surface area (Å²) in [4.78, 5) is 12.6. The number of benzene rings is 2. The normalized spacial score (nSPS) is 11.9. The Hall–Kier alpha value is -2.70. The molecule has 1 N–H and O–H groups in total. The Kier molecular flexibility index (Phi) is 7.06. The standard InChI is InChI=1S/C18H23FN4O5S2/c1-21(2)30(27,28)23(16-10-8-14(19)9-11-16)13-18(24)20-15-6-5-7-17(12-15)22(3)29(4,25)26/h5-12H,13H2,1-4H3,(H,20,24). The third-order valence-corrected chi connectivity index (χ3v) is 7.16. The highest BCUT2D eigenvalue weighted by molar-refractivity contribution is 7.92. The lowest BCUT2D eigenvalue weighted by Gasteiger charge is -2.27. The molecule has 0 saturated carbocycles. The first-order valence-electron chi connectivity index (χ1n) is 8.62. The van der Waals surface area contributed by atoms with Gasteiger partial charge in [-0.2, -0.15) is 12.7 Å². The van der Waals surface area contributed by atoms with Gasteiger partial charge in [-0.1, -0.05) is 6.07 Å². The van der Waals surface area contributed by atoms with E-state index in [1.54, 1.807) is 18.2 Å². The van der Waals surface area contributed by atoms with Crippen molar-refractivity contribution in [2.45, 2.75) is 0 Å². The van der Waals surface area contributed by atoms with Gasteiger partial charge in [-0.3, -0.25) is 9.10 Å². The highest BCUT2D eigenvalue weighted by atomic mass is 32.2. The van der Waals surface area contributed by atoms with E-state index in [0.29, 0.717) is 5.69 Å². The number of halogens is 1. The van der Waals surface area contributed by atoms with Gasteiger partial charge in [-0.25, -0.2) is 17.1 Å². The van der Waals surface area contributed by atoms with Gasteiger partial charge in [0.15, 0.2) is 0 Å². The van der Waals surface area contributed by atoms with E-state index >= 15 is 0 Å². The highest BCUT2D eigenvalue weighted by Gasteiger charge is 2.27. The van der Waals surface area contributed by atoms with Crippen LogP contribution >= 0.6 is 0 Å². The van der Waals surface area contributed by atoms with Gasteiger partial charge in [-0.05, 0) is 42.5 Å². The van der Waals surface area contributed by atoms with Gasteiger partial charge in [0, 0.05) is 26.8 Å². The summed E-state index contributed by atoms with van der Waals surface area (Å²) in [6, 6.07) is 10.8. The summed E-state index contributed by atoms with van der Waals surface area (Å²) < 4.78 is 64.8. The maximum Gasteiger partial charge on any atom is 0.304 e. The van der Waals surface area contributed by atoms with Gasteiger partial charge < -0.3 is 5.32 Å². The second-order valence-corrected chi connectivity index (χ2v) is 10.7. The number of amides is 1. The molecule has 0 saturated heterocycles. The molecule has 9 nitrogen and oxygen atoms in total. The van der Waals surface area contributed by atoms with E-state index < -0.39 is 38.5 Å². The first-order valence-corrected chi connectivity index (χ1v) is 11.9. The average molecular weight is 459 g/mol. The zero-order chi connectivity index (χ0) is 22.7. The molecule has 30 heavy (non-hydrogen) atoms. The van der Waals surface area contributed by atoms with E-state index in [4.69, 9.17) is 0 Å². The zero-order valence-corrected chi connectivity index (χ0v) is 18.5. The number of nitrogens with one attached hydrogen (secondary N) is 1. The van der Waals surface area contributed by atoms with Gasteiger partial charge >= 0.3 is 10.2 Å². The summed E-state index contributed by atoms with van der Waals surface area (Å²) in [7, 11) is -3.53. The number of anilines is 3. The Morgan fingerprint density at radius 2 is 1.57 bits per heavy atom. The number of sulfonamides is 1. The molecular formula is C18H23FN4O5S2. The molecule has 12 heteroatoms. The topological polar surface area (TPSA) is 107 Å². The van der Waals surface area contributed by atoms with E-state index in [9.17, 15) is 26.0 Å². The van der Waals surface area contributed by atoms with Crippen molar-refractivity contribution in [3.63, 3.8) is 0 Å². The molecule has 0 aromatic heterocycles. The van der Waals surface area contributed by atoms with Crippen molar-refractivity contribution in [3.8, 4) is 0 Å². The van der Waals surface area contributed by atoms with Crippen molar-refractivity contribution in [2.24, 2.45) is 0 Å². The fourth-order valence-corrected chi connectivity index (χ4v) is 3.97. The van der Waals surface area contributed by atoms with Crippen LogP contribution in [-0.4, -0.2) is 61.0 Å². The largest absolute Gasteiger partial charge is 0.324 e. The maximum atomic E-state index is 13.2. The molecule has 0 aliphatic heterocycles. The van der Waals surface area contributed by atoms with Crippen molar-refractivity contribution >= 4 is 43.2 Å². The molecule has 0 aliphatic rings. The number of hydrogen-bond acceptors (Lipinski definition) is 5. The monoisotopic (exact) mass is 458 g/mol. The quantitative estimate of drug-likeness (QED) is 0.645. The average Bonchev–Trinajstić information content (AvgIpc) is 2.65. The lowest BCUT2D eigenvalue weighted by Crippen LogP contribution is -2.44. The molecule has 0 bridgehead atoms. The summed E-state index contributed by atoms with van der Waals surface area (Å²) in [6.07, 6.45) is 1.05. The highest BCUT2D eigenvalue weighted by Crippen LogP contribution is 2.22. The lowest BCUT2D eigenvalue weighted by molar-refractivity contribution is -0.114. The fourth-order valence-electron chi connectivity index (χ4n) is 2.41. The predicted octanol–water partition coefficient (Wildman–Crippen LogP) is 1.47. The van der Waals surface area contributed by atoms with Crippen LogP contribution in [0.25, 0.3) is 0 Å². The minimum atomic E-state index is -4.04. The van der Waals surface area contributed by atoms with Crippen molar-refractivity contribution < 1.29 is 26.0 Å². The Labute approximate surface area is 175 Å². The minimum Gasteiger partial charge on any atom is -0.324 e. The van der Waals surface area contributed by atoms with Gasteiger partial charge in [0.25, 0.3) is 0 Å². The van der Waals surface area contributed by atoms with Crippen LogP contribution in [0.1, 0.15) is 0 Å². The molecule has 0 spiro atoms. The number of carbonyl (C=O) groups excluding carboxylic acids is 1. The Morgan fingerprint density at radius 1 is 0.967 bits per heavy atom. The zero-order valence-electron chi connectivity index (χ0n) is 16.9. The first kappa shape index (κ1) is 23.6. The van der Waals surface area contributed by atoms with E-state index in [1.165, 1.54) is 39.3 Å². The summed E-state index contributed by atoms with van der Waals surface area (Å²) in [5, 5.41) is 2.55. The molecule has 0 fully saturated rings. The smallest absolute Gasteiger partial charge is 0.304 e. The Morgan fingerprint density at radius 3 is 2.10 bits per heavy atom. The fraction of sp³-hybridized carbons (Fsp3) is 0.278. The summed E-state index contributed by atoms with van der Waals surface area (Å²) >= 11 is 0. The van der Waals surface area contributed by atoms with Crippen molar-refractivity contribution in [1.29, 1.82) is 0 Å². The molecule has 2 rings (SSSR count). The van der Waals surface area contributed by atoms with Gasteiger partial charge in [0.05, 0.1) is 17.6 Å². The third-order valence-electron chi connectivity index (χ3n) is 4.13. The second kappa shape index (κ2) is 8.98. The molecular weight excluding hydrogens is 435 g/mol. The molecule has 164 valence electrons. The molecule has 0 heterocycles. The number of hydrogen-bond donors (Lipinski definition) is 1. The Bertz CT molecular complexity index is 1120.